The predicted molar refractivity (Wildman–Crippen MR) is 139 cm³/mol. The van der Waals surface area contributed by atoms with Crippen molar-refractivity contribution >= 4 is 22.3 Å². The van der Waals surface area contributed by atoms with Crippen molar-refractivity contribution in [1.29, 1.82) is 0 Å². The Balaban J connectivity index is 1.79. The zero-order valence-corrected chi connectivity index (χ0v) is 21.0. The Bertz CT molecular complexity index is 1190. The Hall–Kier alpha value is -3.16. The molecule has 0 saturated heterocycles. The quantitative estimate of drug-likeness (QED) is 0.251. The van der Waals surface area contributed by atoms with Crippen LogP contribution in [0, 0.1) is 6.92 Å². The largest absolute Gasteiger partial charge is 0.398 e. The highest BCUT2D eigenvalue weighted by Crippen LogP contribution is 2.21. The Morgan fingerprint density at radius 3 is 2.41 bits per heavy atom. The van der Waals surface area contributed by atoms with Gasteiger partial charge in [-0.15, -0.1) is 0 Å². The molecule has 0 aliphatic heterocycles. The standard InChI is InChI=1S/C27H32N4O2S/c1-5-14-29-16-20-6-8-21(9-7-20)24(28)15-26(32)27-19(4)30-17-25(31-27)22-10-12-23(13-11-22)34(33)18(2)3/h6-13,15,17-18,29H,5,14,16,28H2,1-4H3. The molecule has 1 atom stereocenters. The first-order valence-corrected chi connectivity index (χ1v) is 12.7. The van der Waals surface area contributed by atoms with E-state index in [0.717, 1.165) is 41.1 Å². The van der Waals surface area contributed by atoms with E-state index < -0.39 is 10.8 Å². The van der Waals surface area contributed by atoms with Gasteiger partial charge in [-0.25, -0.2) is 4.98 Å². The maximum absolute atomic E-state index is 13.0. The van der Waals surface area contributed by atoms with E-state index >= 15 is 0 Å². The molecule has 0 aliphatic carbocycles. The minimum absolute atomic E-state index is 0.0421. The second-order valence-corrected chi connectivity index (χ2v) is 10.4. The number of carbonyl (C=O) groups excluding carboxylic acids is 1. The van der Waals surface area contributed by atoms with Crippen molar-refractivity contribution in [2.24, 2.45) is 5.73 Å². The summed E-state index contributed by atoms with van der Waals surface area (Å²) in [6.07, 6.45) is 4.13. The minimum Gasteiger partial charge on any atom is -0.398 e. The number of nitrogens with two attached hydrogens (primary N) is 1. The average Bonchev–Trinajstić information content (AvgIpc) is 2.84. The third kappa shape index (κ3) is 6.46. The van der Waals surface area contributed by atoms with Crippen molar-refractivity contribution in [3.8, 4) is 11.3 Å². The van der Waals surface area contributed by atoms with Crippen molar-refractivity contribution in [1.82, 2.24) is 15.3 Å². The van der Waals surface area contributed by atoms with Crippen molar-refractivity contribution in [2.75, 3.05) is 6.54 Å². The van der Waals surface area contributed by atoms with Gasteiger partial charge in [0.2, 0.25) is 5.78 Å². The SMILES string of the molecule is CCCNCc1ccc(C(N)=CC(=O)c2nc(-c3ccc(S(=O)C(C)C)cc3)cnc2C)cc1. The van der Waals surface area contributed by atoms with E-state index in [0.29, 0.717) is 17.1 Å². The smallest absolute Gasteiger partial charge is 0.208 e. The highest BCUT2D eigenvalue weighted by Gasteiger charge is 2.14. The summed E-state index contributed by atoms with van der Waals surface area (Å²) in [5.41, 5.74) is 10.7. The molecule has 0 fully saturated rings. The second-order valence-electron chi connectivity index (χ2n) is 8.40. The van der Waals surface area contributed by atoms with E-state index in [2.05, 4.69) is 22.2 Å². The maximum Gasteiger partial charge on any atom is 0.208 e. The molecule has 1 aromatic heterocycles. The molecule has 6 nitrogen and oxygen atoms in total. The Labute approximate surface area is 204 Å². The molecule has 3 N–H and O–H groups in total. The van der Waals surface area contributed by atoms with Crippen LogP contribution in [0.2, 0.25) is 0 Å². The normalized spacial score (nSPS) is 12.7. The molecule has 3 rings (SSSR count). The summed E-state index contributed by atoms with van der Waals surface area (Å²) in [4.78, 5) is 22.7. The van der Waals surface area contributed by atoms with Gasteiger partial charge in [-0.05, 0) is 43.1 Å². The van der Waals surface area contributed by atoms with Gasteiger partial charge in [0, 0.05) is 34.0 Å². The zero-order chi connectivity index (χ0) is 24.7. The van der Waals surface area contributed by atoms with Crippen molar-refractivity contribution in [3.05, 3.63) is 83.3 Å². The average molecular weight is 477 g/mol. The first-order valence-electron chi connectivity index (χ1n) is 11.5. The molecule has 0 saturated carbocycles. The van der Waals surface area contributed by atoms with Crippen LogP contribution in [0.5, 0.6) is 0 Å². The molecule has 0 amide bonds. The van der Waals surface area contributed by atoms with Gasteiger partial charge in [-0.1, -0.05) is 57.2 Å². The van der Waals surface area contributed by atoms with Gasteiger partial charge in [0.05, 0.1) is 28.4 Å². The number of aromatic nitrogens is 2. The summed E-state index contributed by atoms with van der Waals surface area (Å²) in [6, 6.07) is 15.2. The maximum atomic E-state index is 13.0. The zero-order valence-electron chi connectivity index (χ0n) is 20.2. The molecule has 0 aliphatic rings. The molecule has 0 bridgehead atoms. The number of nitrogens with one attached hydrogen (secondary N) is 1. The number of aryl methyl sites for hydroxylation is 1. The summed E-state index contributed by atoms with van der Waals surface area (Å²) < 4.78 is 12.3. The molecule has 1 heterocycles. The fraction of sp³-hybridized carbons (Fsp3) is 0.296. The number of hydrogen-bond donors (Lipinski definition) is 2. The van der Waals surface area contributed by atoms with Crippen molar-refractivity contribution < 1.29 is 9.00 Å². The highest BCUT2D eigenvalue weighted by molar-refractivity contribution is 7.85. The van der Waals surface area contributed by atoms with Crippen LogP contribution in [-0.2, 0) is 17.3 Å². The molecule has 7 heteroatoms. The third-order valence-electron chi connectivity index (χ3n) is 5.33. The molecule has 0 radical (unpaired) electrons. The van der Waals surface area contributed by atoms with Crippen LogP contribution in [-0.4, -0.2) is 31.8 Å². The molecule has 2 aromatic carbocycles. The second kappa shape index (κ2) is 11.8. The fourth-order valence-electron chi connectivity index (χ4n) is 3.37. The number of benzene rings is 2. The highest BCUT2D eigenvalue weighted by atomic mass is 32.2. The predicted octanol–water partition coefficient (Wildman–Crippen LogP) is 4.65. The first-order chi connectivity index (χ1) is 16.3. The molecule has 3 aromatic rings. The van der Waals surface area contributed by atoms with E-state index in [1.165, 1.54) is 6.08 Å². The number of nitrogens with zero attached hydrogens (tertiary/aromatic N) is 2. The van der Waals surface area contributed by atoms with Crippen LogP contribution in [0.25, 0.3) is 17.0 Å². The summed E-state index contributed by atoms with van der Waals surface area (Å²) >= 11 is 0. The van der Waals surface area contributed by atoms with Gasteiger partial charge in [-0.2, -0.15) is 0 Å². The number of ketones is 1. The number of allylic oxidation sites excluding steroid dienone is 1. The Morgan fingerprint density at radius 2 is 1.79 bits per heavy atom. The van der Waals surface area contributed by atoms with E-state index in [4.69, 9.17) is 5.73 Å². The summed E-state index contributed by atoms with van der Waals surface area (Å²) in [7, 11) is -1.06. The Kier molecular flexibility index (Phi) is 8.85. The summed E-state index contributed by atoms with van der Waals surface area (Å²) in [6.45, 7) is 9.50. The van der Waals surface area contributed by atoms with E-state index in [1.807, 2.05) is 62.4 Å². The van der Waals surface area contributed by atoms with E-state index in [9.17, 15) is 9.00 Å². The van der Waals surface area contributed by atoms with E-state index in [-0.39, 0.29) is 16.7 Å². The lowest BCUT2D eigenvalue weighted by Gasteiger charge is -2.09. The van der Waals surface area contributed by atoms with Gasteiger partial charge in [0.15, 0.2) is 0 Å². The number of rotatable bonds is 10. The lowest BCUT2D eigenvalue weighted by atomic mass is 10.1. The number of hydrogen-bond acceptors (Lipinski definition) is 6. The number of carbonyl (C=O) groups is 1. The molecular weight excluding hydrogens is 444 g/mol. The van der Waals surface area contributed by atoms with Gasteiger partial charge < -0.3 is 11.1 Å². The van der Waals surface area contributed by atoms with Gasteiger partial charge in [0.1, 0.15) is 5.69 Å². The first kappa shape index (κ1) is 25.5. The van der Waals surface area contributed by atoms with Gasteiger partial charge in [0.25, 0.3) is 0 Å². The van der Waals surface area contributed by atoms with Crippen molar-refractivity contribution in [3.63, 3.8) is 0 Å². The van der Waals surface area contributed by atoms with Gasteiger partial charge >= 0.3 is 0 Å². The molecule has 178 valence electrons. The molecule has 34 heavy (non-hydrogen) atoms. The monoisotopic (exact) mass is 476 g/mol. The summed E-state index contributed by atoms with van der Waals surface area (Å²) in [5.74, 6) is -0.296. The van der Waals surface area contributed by atoms with Crippen LogP contribution < -0.4 is 11.1 Å². The fourth-order valence-corrected chi connectivity index (χ4v) is 4.32. The Morgan fingerprint density at radius 1 is 1.12 bits per heavy atom. The van der Waals surface area contributed by atoms with Gasteiger partial charge in [-0.3, -0.25) is 14.0 Å². The van der Waals surface area contributed by atoms with Crippen LogP contribution in [0.15, 0.2) is 65.7 Å². The lowest BCUT2D eigenvalue weighted by molar-refractivity contribution is 0.104. The third-order valence-corrected chi connectivity index (χ3v) is 6.92. The lowest BCUT2D eigenvalue weighted by Crippen LogP contribution is -2.13. The molecule has 1 unspecified atom stereocenters. The molecule has 0 spiro atoms. The van der Waals surface area contributed by atoms with Crippen molar-refractivity contribution in [2.45, 2.75) is 50.8 Å². The van der Waals surface area contributed by atoms with Crippen LogP contribution in [0.4, 0.5) is 0 Å². The molecular formula is C27H32N4O2S. The van der Waals surface area contributed by atoms with E-state index in [1.54, 1.807) is 13.1 Å². The van der Waals surface area contributed by atoms with Crippen LogP contribution >= 0.6 is 0 Å². The summed E-state index contributed by atoms with van der Waals surface area (Å²) in [5, 5.41) is 3.40. The van der Waals surface area contributed by atoms with Crippen LogP contribution in [0.3, 0.4) is 0 Å². The van der Waals surface area contributed by atoms with Crippen LogP contribution in [0.1, 0.15) is 54.5 Å². The minimum atomic E-state index is -1.06. The topological polar surface area (TPSA) is 98.0 Å².